The second-order valence-corrected chi connectivity index (χ2v) is 7.47. The van der Waals surface area contributed by atoms with Gasteiger partial charge >= 0.3 is 0 Å². The highest BCUT2D eigenvalue weighted by molar-refractivity contribution is 14.1. The van der Waals surface area contributed by atoms with Crippen LogP contribution in [0.4, 0.5) is 10.1 Å². The Bertz CT molecular complexity index is 966. The first kappa shape index (κ1) is 18.6. The van der Waals surface area contributed by atoms with E-state index in [0.29, 0.717) is 16.5 Å². The zero-order valence-electron chi connectivity index (χ0n) is 13.9. The number of fused-ring (bicyclic) bond motifs is 1. The summed E-state index contributed by atoms with van der Waals surface area (Å²) < 4.78 is 17.7. The quantitative estimate of drug-likeness (QED) is 0.319. The minimum atomic E-state index is -0.380. The molecular formula is C19H17FI2N2O. The molecule has 0 aliphatic rings. The van der Waals surface area contributed by atoms with Crippen molar-refractivity contribution in [3.63, 3.8) is 0 Å². The maximum atomic E-state index is 14.3. The molecule has 0 bridgehead atoms. The predicted molar refractivity (Wildman–Crippen MR) is 117 cm³/mol. The second-order valence-electron chi connectivity index (χ2n) is 5.94. The van der Waals surface area contributed by atoms with Gasteiger partial charge in [0.25, 0.3) is 5.91 Å². The van der Waals surface area contributed by atoms with Crippen molar-refractivity contribution in [2.45, 2.75) is 15.8 Å². The molecule has 0 aliphatic carbocycles. The number of amides is 1. The maximum Gasteiger partial charge on any atom is 0.257 e. The van der Waals surface area contributed by atoms with E-state index in [0.717, 1.165) is 20.1 Å². The van der Waals surface area contributed by atoms with Gasteiger partial charge in [0, 0.05) is 33.2 Å². The fraction of sp³-hybridized carbons (Fsp3) is 0.211. The lowest BCUT2D eigenvalue weighted by molar-refractivity contribution is 0.102. The molecule has 1 aromatic heterocycles. The number of carbonyl (C=O) groups excluding carboxylic acids is 1. The van der Waals surface area contributed by atoms with E-state index in [1.165, 1.54) is 17.2 Å². The lowest BCUT2D eigenvalue weighted by Crippen LogP contribution is -2.13. The van der Waals surface area contributed by atoms with Crippen LogP contribution in [0.2, 0.25) is 0 Å². The van der Waals surface area contributed by atoms with Gasteiger partial charge in [0.1, 0.15) is 5.82 Å². The summed E-state index contributed by atoms with van der Waals surface area (Å²) >= 11 is 4.60. The number of halogens is 3. The van der Waals surface area contributed by atoms with Crippen LogP contribution in [-0.4, -0.2) is 10.5 Å². The molecular weight excluding hydrogens is 545 g/mol. The van der Waals surface area contributed by atoms with Crippen molar-refractivity contribution in [2.75, 3.05) is 5.32 Å². The molecule has 3 rings (SSSR count). The average Bonchev–Trinajstić information content (AvgIpc) is 2.94. The summed E-state index contributed by atoms with van der Waals surface area (Å²) in [5.74, 6) is -0.667. The highest BCUT2D eigenvalue weighted by Crippen LogP contribution is 2.28. The fourth-order valence-corrected chi connectivity index (χ4v) is 4.40. The molecule has 0 saturated heterocycles. The number of benzene rings is 2. The number of rotatable bonds is 4. The van der Waals surface area contributed by atoms with E-state index in [2.05, 4.69) is 63.5 Å². The number of nitrogens with zero attached hydrogens (tertiary/aromatic N) is 1. The van der Waals surface area contributed by atoms with Gasteiger partial charge in [0.15, 0.2) is 0 Å². The summed E-state index contributed by atoms with van der Waals surface area (Å²) in [5, 5.41) is 3.35. The van der Waals surface area contributed by atoms with Gasteiger partial charge in [0.05, 0.1) is 11.1 Å². The van der Waals surface area contributed by atoms with Gasteiger partial charge in [0.2, 0.25) is 0 Å². The van der Waals surface area contributed by atoms with Gasteiger partial charge < -0.3 is 9.88 Å². The molecule has 2 aromatic carbocycles. The van der Waals surface area contributed by atoms with Gasteiger partial charge in [-0.3, -0.25) is 4.79 Å². The third kappa shape index (κ3) is 3.55. The van der Waals surface area contributed by atoms with Crippen LogP contribution in [0.1, 0.15) is 27.0 Å². The van der Waals surface area contributed by atoms with Crippen LogP contribution in [0.15, 0.2) is 36.5 Å². The SMILES string of the molecule is Cc1cc(CI)c(NC(=O)c2cn(C)c3cccc(F)c23)cc1CI. The number of aryl methyl sites for hydroxylation is 2. The fourth-order valence-electron chi connectivity index (χ4n) is 2.95. The second kappa shape index (κ2) is 7.61. The number of hydrogen-bond donors (Lipinski definition) is 1. The molecule has 0 saturated carbocycles. The normalized spacial score (nSPS) is 11.1. The number of alkyl halides is 2. The number of nitrogens with one attached hydrogen (secondary N) is 1. The van der Waals surface area contributed by atoms with E-state index in [9.17, 15) is 9.18 Å². The zero-order chi connectivity index (χ0) is 18.1. The van der Waals surface area contributed by atoms with Crippen molar-refractivity contribution in [3.05, 3.63) is 64.6 Å². The Balaban J connectivity index is 2.04. The standard InChI is InChI=1S/C19H17FI2N2O/c1-11-6-13(9-22)16(7-12(11)8-21)23-19(25)14-10-24(2)17-5-3-4-15(20)18(14)17/h3-7,10H,8-9H2,1-2H3,(H,23,25). The number of anilines is 1. The van der Waals surface area contributed by atoms with Crippen molar-refractivity contribution in [1.82, 2.24) is 4.57 Å². The molecule has 0 fully saturated rings. The first-order valence-electron chi connectivity index (χ1n) is 7.75. The minimum absolute atomic E-state index is 0.287. The number of aromatic nitrogens is 1. The summed E-state index contributed by atoms with van der Waals surface area (Å²) in [6.45, 7) is 2.08. The highest BCUT2D eigenvalue weighted by atomic mass is 127. The predicted octanol–water partition coefficient (Wildman–Crippen LogP) is 5.75. The Kier molecular flexibility index (Phi) is 5.67. The van der Waals surface area contributed by atoms with E-state index in [1.807, 2.05) is 19.2 Å². The van der Waals surface area contributed by atoms with Crippen molar-refractivity contribution in [1.29, 1.82) is 0 Å². The molecule has 6 heteroatoms. The summed E-state index contributed by atoms with van der Waals surface area (Å²) in [6.07, 6.45) is 1.68. The molecule has 0 radical (unpaired) electrons. The molecule has 130 valence electrons. The Morgan fingerprint density at radius 3 is 2.60 bits per heavy atom. The van der Waals surface area contributed by atoms with E-state index >= 15 is 0 Å². The molecule has 1 N–H and O–H groups in total. The van der Waals surface area contributed by atoms with E-state index in [1.54, 1.807) is 16.8 Å². The largest absolute Gasteiger partial charge is 0.350 e. The van der Waals surface area contributed by atoms with Crippen LogP contribution >= 0.6 is 45.2 Å². The van der Waals surface area contributed by atoms with Crippen molar-refractivity contribution >= 4 is 67.7 Å². The topological polar surface area (TPSA) is 34.0 Å². The van der Waals surface area contributed by atoms with Crippen LogP contribution in [0.25, 0.3) is 10.9 Å². The zero-order valence-corrected chi connectivity index (χ0v) is 18.2. The molecule has 25 heavy (non-hydrogen) atoms. The van der Waals surface area contributed by atoms with Gasteiger partial charge in [-0.15, -0.1) is 0 Å². The first-order valence-corrected chi connectivity index (χ1v) is 10.8. The van der Waals surface area contributed by atoms with E-state index in [4.69, 9.17) is 0 Å². The van der Waals surface area contributed by atoms with Gasteiger partial charge in [-0.2, -0.15) is 0 Å². The maximum absolute atomic E-state index is 14.3. The molecule has 1 heterocycles. The lowest BCUT2D eigenvalue weighted by atomic mass is 10.0. The number of carbonyl (C=O) groups is 1. The molecule has 0 atom stereocenters. The minimum Gasteiger partial charge on any atom is -0.350 e. The summed E-state index contributed by atoms with van der Waals surface area (Å²) in [7, 11) is 1.81. The third-order valence-corrected chi connectivity index (χ3v) is 5.95. The van der Waals surface area contributed by atoms with Crippen LogP contribution in [0.5, 0.6) is 0 Å². The Labute approximate surface area is 173 Å². The van der Waals surface area contributed by atoms with Crippen molar-refractivity contribution < 1.29 is 9.18 Å². The highest BCUT2D eigenvalue weighted by Gasteiger charge is 2.18. The van der Waals surface area contributed by atoms with E-state index in [-0.39, 0.29) is 11.7 Å². The molecule has 3 aromatic rings. The third-order valence-electron chi connectivity index (χ3n) is 4.31. The molecule has 3 nitrogen and oxygen atoms in total. The van der Waals surface area contributed by atoms with Gasteiger partial charge in [-0.05, 0) is 41.8 Å². The van der Waals surface area contributed by atoms with Gasteiger partial charge in [-0.25, -0.2) is 4.39 Å². The Morgan fingerprint density at radius 2 is 1.92 bits per heavy atom. The molecule has 0 unspecified atom stereocenters. The Morgan fingerprint density at radius 1 is 1.20 bits per heavy atom. The first-order chi connectivity index (χ1) is 12.0. The molecule has 1 amide bonds. The van der Waals surface area contributed by atoms with Crippen LogP contribution in [0, 0.1) is 12.7 Å². The summed E-state index contributed by atoms with van der Waals surface area (Å²) in [4.78, 5) is 12.9. The average molecular weight is 562 g/mol. The van der Waals surface area contributed by atoms with Crippen molar-refractivity contribution in [3.8, 4) is 0 Å². The van der Waals surface area contributed by atoms with Gasteiger partial charge in [-0.1, -0.05) is 57.3 Å². The Hall–Kier alpha value is -1.16. The summed E-state index contributed by atoms with van der Waals surface area (Å²) in [6, 6.07) is 8.98. The van der Waals surface area contributed by atoms with Crippen LogP contribution < -0.4 is 5.32 Å². The van der Waals surface area contributed by atoms with E-state index < -0.39 is 0 Å². The van der Waals surface area contributed by atoms with Crippen LogP contribution in [-0.2, 0) is 15.9 Å². The molecule has 0 aliphatic heterocycles. The lowest BCUT2D eigenvalue weighted by Gasteiger charge is -2.13. The molecule has 0 spiro atoms. The van der Waals surface area contributed by atoms with Crippen LogP contribution in [0.3, 0.4) is 0 Å². The van der Waals surface area contributed by atoms with Crippen molar-refractivity contribution in [2.24, 2.45) is 7.05 Å². The monoisotopic (exact) mass is 562 g/mol. The number of hydrogen-bond acceptors (Lipinski definition) is 1. The summed E-state index contributed by atoms with van der Waals surface area (Å²) in [5.41, 5.74) is 5.33. The smallest absolute Gasteiger partial charge is 0.257 e.